The lowest BCUT2D eigenvalue weighted by Gasteiger charge is -2.15. The fourth-order valence-electron chi connectivity index (χ4n) is 2.30. The van der Waals surface area contributed by atoms with E-state index >= 15 is 0 Å². The zero-order valence-electron chi connectivity index (χ0n) is 12.2. The second kappa shape index (κ2) is 5.60. The van der Waals surface area contributed by atoms with Crippen molar-refractivity contribution in [2.45, 2.75) is 31.7 Å². The quantitative estimate of drug-likeness (QED) is 0.886. The lowest BCUT2D eigenvalue weighted by molar-refractivity contribution is 0.414. The van der Waals surface area contributed by atoms with Gasteiger partial charge in [0.15, 0.2) is 0 Å². The minimum Gasteiger partial charge on any atom is -0.497 e. The third-order valence-electron chi connectivity index (χ3n) is 3.70. The van der Waals surface area contributed by atoms with Gasteiger partial charge in [-0.15, -0.1) is 0 Å². The van der Waals surface area contributed by atoms with Gasteiger partial charge < -0.3 is 15.0 Å². The average molecular weight is 285 g/mol. The van der Waals surface area contributed by atoms with Crippen molar-refractivity contribution < 1.29 is 4.74 Å². The molecule has 1 aliphatic rings. The van der Waals surface area contributed by atoms with Gasteiger partial charge in [-0.3, -0.25) is 4.79 Å². The van der Waals surface area contributed by atoms with E-state index in [9.17, 15) is 4.79 Å². The molecule has 1 unspecified atom stereocenters. The number of nitrogens with one attached hydrogen (secondary N) is 2. The molecule has 2 N–H and O–H groups in total. The molecule has 1 aromatic heterocycles. The summed E-state index contributed by atoms with van der Waals surface area (Å²) in [5.74, 6) is 2.68. The monoisotopic (exact) mass is 285 g/mol. The van der Waals surface area contributed by atoms with Crippen LogP contribution in [0.3, 0.4) is 0 Å². The molecule has 0 radical (unpaired) electrons. The Bertz CT molecular complexity index is 675. The summed E-state index contributed by atoms with van der Waals surface area (Å²) < 4.78 is 5.15. The maximum Gasteiger partial charge on any atom is 0.252 e. The van der Waals surface area contributed by atoms with Crippen LogP contribution in [0.2, 0.25) is 0 Å². The van der Waals surface area contributed by atoms with E-state index in [0.29, 0.717) is 11.7 Å². The lowest BCUT2D eigenvalue weighted by atomic mass is 10.1. The number of nitrogens with zero attached hydrogens (tertiary/aromatic N) is 1. The van der Waals surface area contributed by atoms with Crippen LogP contribution < -0.4 is 15.6 Å². The zero-order chi connectivity index (χ0) is 14.8. The third kappa shape index (κ3) is 3.24. The van der Waals surface area contributed by atoms with Crippen molar-refractivity contribution in [3.63, 3.8) is 0 Å². The van der Waals surface area contributed by atoms with Gasteiger partial charge in [0, 0.05) is 18.0 Å². The van der Waals surface area contributed by atoms with Gasteiger partial charge in [-0.25, -0.2) is 4.98 Å². The minimum absolute atomic E-state index is 0.0669. The molecule has 0 spiro atoms. The van der Waals surface area contributed by atoms with Gasteiger partial charge >= 0.3 is 0 Å². The van der Waals surface area contributed by atoms with E-state index in [1.54, 1.807) is 7.11 Å². The predicted octanol–water partition coefficient (Wildman–Crippen LogP) is 2.83. The van der Waals surface area contributed by atoms with Crippen LogP contribution in [0.4, 0.5) is 5.82 Å². The van der Waals surface area contributed by atoms with Crippen molar-refractivity contribution in [3.05, 3.63) is 52.1 Å². The molecule has 0 aliphatic heterocycles. The third-order valence-corrected chi connectivity index (χ3v) is 3.70. The van der Waals surface area contributed by atoms with Crippen molar-refractivity contribution >= 4 is 5.82 Å². The van der Waals surface area contributed by atoms with Gasteiger partial charge in [-0.2, -0.15) is 0 Å². The maximum absolute atomic E-state index is 11.7. The number of aromatic amines is 1. The van der Waals surface area contributed by atoms with Crippen LogP contribution in [-0.2, 0) is 0 Å². The summed E-state index contributed by atoms with van der Waals surface area (Å²) >= 11 is 0. The Morgan fingerprint density at radius 1 is 1.33 bits per heavy atom. The largest absolute Gasteiger partial charge is 0.497 e. The molecule has 0 saturated heterocycles. The van der Waals surface area contributed by atoms with Crippen LogP contribution >= 0.6 is 0 Å². The molecule has 21 heavy (non-hydrogen) atoms. The van der Waals surface area contributed by atoms with Crippen molar-refractivity contribution in [2.24, 2.45) is 0 Å². The Kier molecular flexibility index (Phi) is 3.64. The van der Waals surface area contributed by atoms with Crippen LogP contribution in [0.25, 0.3) is 0 Å². The Morgan fingerprint density at radius 3 is 2.67 bits per heavy atom. The summed E-state index contributed by atoms with van der Waals surface area (Å²) in [6.45, 7) is 2.04. The fraction of sp³-hybridized carbons (Fsp3) is 0.375. The van der Waals surface area contributed by atoms with Crippen LogP contribution in [-0.4, -0.2) is 17.1 Å². The number of methoxy groups -OCH3 is 1. The van der Waals surface area contributed by atoms with Gasteiger partial charge in [0.2, 0.25) is 0 Å². The molecule has 1 fully saturated rings. The molecule has 5 nitrogen and oxygen atoms in total. The van der Waals surface area contributed by atoms with Crippen LogP contribution in [0, 0.1) is 0 Å². The molecular formula is C16H19N3O2. The molecule has 5 heteroatoms. The highest BCUT2D eigenvalue weighted by Gasteiger charge is 2.26. The molecule has 1 aromatic carbocycles. The van der Waals surface area contributed by atoms with Crippen LogP contribution in [0.1, 0.15) is 43.1 Å². The Morgan fingerprint density at radius 2 is 2.05 bits per heavy atom. The molecular weight excluding hydrogens is 266 g/mol. The van der Waals surface area contributed by atoms with Gasteiger partial charge in [0.1, 0.15) is 17.4 Å². The predicted molar refractivity (Wildman–Crippen MR) is 81.9 cm³/mol. The highest BCUT2D eigenvalue weighted by molar-refractivity contribution is 5.39. The zero-order valence-corrected chi connectivity index (χ0v) is 12.2. The molecule has 2 aromatic rings. The molecule has 0 amide bonds. The first kappa shape index (κ1) is 13.7. The summed E-state index contributed by atoms with van der Waals surface area (Å²) in [7, 11) is 1.65. The Labute approximate surface area is 123 Å². The Hall–Kier alpha value is -2.30. The number of benzene rings is 1. The highest BCUT2D eigenvalue weighted by atomic mass is 16.5. The van der Waals surface area contributed by atoms with Crippen molar-refractivity contribution in [1.29, 1.82) is 0 Å². The van der Waals surface area contributed by atoms with Crippen LogP contribution in [0.5, 0.6) is 5.75 Å². The van der Waals surface area contributed by atoms with Crippen molar-refractivity contribution in [1.82, 2.24) is 9.97 Å². The van der Waals surface area contributed by atoms with E-state index in [-0.39, 0.29) is 11.6 Å². The number of hydrogen-bond donors (Lipinski definition) is 2. The summed E-state index contributed by atoms with van der Waals surface area (Å²) in [6.07, 6.45) is 2.22. The fourth-order valence-corrected chi connectivity index (χ4v) is 2.30. The van der Waals surface area contributed by atoms with Gasteiger partial charge in [0.25, 0.3) is 5.56 Å². The van der Waals surface area contributed by atoms with Crippen molar-refractivity contribution in [2.75, 3.05) is 12.4 Å². The van der Waals surface area contributed by atoms with Crippen LogP contribution in [0.15, 0.2) is 35.1 Å². The molecule has 1 saturated carbocycles. The van der Waals surface area contributed by atoms with Gasteiger partial charge in [-0.05, 0) is 37.5 Å². The van der Waals surface area contributed by atoms with E-state index in [0.717, 1.165) is 30.0 Å². The molecule has 1 atom stereocenters. The average Bonchev–Trinajstić information content (AvgIpc) is 3.31. The van der Waals surface area contributed by atoms with Gasteiger partial charge in [-0.1, -0.05) is 12.1 Å². The first-order valence-electron chi connectivity index (χ1n) is 7.17. The molecule has 110 valence electrons. The number of aromatic nitrogens is 2. The van der Waals surface area contributed by atoms with E-state index < -0.39 is 0 Å². The maximum atomic E-state index is 11.7. The minimum atomic E-state index is -0.101. The Balaban J connectivity index is 1.77. The summed E-state index contributed by atoms with van der Waals surface area (Å²) in [4.78, 5) is 19.0. The first-order chi connectivity index (χ1) is 10.2. The second-order valence-electron chi connectivity index (χ2n) is 5.43. The van der Waals surface area contributed by atoms with E-state index in [4.69, 9.17) is 4.74 Å². The standard InChI is InChI=1S/C16H19N3O2/c1-10(11-5-7-13(21-2)8-6-11)17-14-9-15(20)19-16(18-14)12-3-4-12/h5-10,12H,3-4H2,1-2H3,(H2,17,18,19,20). The summed E-state index contributed by atoms with van der Waals surface area (Å²) in [5.41, 5.74) is 1.02. The van der Waals surface area contributed by atoms with Gasteiger partial charge in [0.05, 0.1) is 7.11 Å². The van der Waals surface area contributed by atoms with Crippen molar-refractivity contribution in [3.8, 4) is 5.75 Å². The number of anilines is 1. The summed E-state index contributed by atoms with van der Waals surface area (Å²) in [5, 5.41) is 3.29. The SMILES string of the molecule is COc1ccc(C(C)Nc2cc(=O)[nH]c(C3CC3)n2)cc1. The smallest absolute Gasteiger partial charge is 0.252 e. The lowest BCUT2D eigenvalue weighted by Crippen LogP contribution is -2.15. The number of rotatable bonds is 5. The number of hydrogen-bond acceptors (Lipinski definition) is 4. The number of ether oxygens (including phenoxy) is 1. The first-order valence-corrected chi connectivity index (χ1v) is 7.17. The molecule has 1 aliphatic carbocycles. The number of H-pyrrole nitrogens is 1. The van der Waals surface area contributed by atoms with E-state index in [1.165, 1.54) is 6.07 Å². The normalized spacial score (nSPS) is 15.5. The summed E-state index contributed by atoms with van der Waals surface area (Å²) in [6, 6.07) is 9.43. The topological polar surface area (TPSA) is 67.0 Å². The van der Waals surface area contributed by atoms with E-state index in [2.05, 4.69) is 15.3 Å². The molecule has 0 bridgehead atoms. The second-order valence-corrected chi connectivity index (χ2v) is 5.43. The molecule has 3 rings (SSSR count). The highest BCUT2D eigenvalue weighted by Crippen LogP contribution is 2.37. The molecule has 1 heterocycles. The van der Waals surface area contributed by atoms with E-state index in [1.807, 2.05) is 31.2 Å².